The first kappa shape index (κ1) is 23.6. The zero-order valence-electron chi connectivity index (χ0n) is 18.5. The number of pyridine rings is 1. The predicted octanol–water partition coefficient (Wildman–Crippen LogP) is 5.93. The number of nitrogens with one attached hydrogen (secondary N) is 2. The number of hydrogen-bond acceptors (Lipinski definition) is 3. The molecule has 31 heavy (non-hydrogen) atoms. The van der Waals surface area contributed by atoms with Crippen molar-refractivity contribution in [3.63, 3.8) is 0 Å². The number of halogens is 2. The Morgan fingerprint density at radius 3 is 2.52 bits per heavy atom. The van der Waals surface area contributed by atoms with E-state index < -0.39 is 0 Å². The summed E-state index contributed by atoms with van der Waals surface area (Å²) in [7, 11) is 0. The van der Waals surface area contributed by atoms with Crippen molar-refractivity contribution in [1.82, 2.24) is 24.9 Å². The molecular weight excluding hydrogens is 429 g/mol. The van der Waals surface area contributed by atoms with Gasteiger partial charge in [0.15, 0.2) is 5.65 Å². The number of nitrogens with zero attached hydrogens (tertiary/aromatic N) is 3. The second kappa shape index (κ2) is 9.19. The molecule has 4 aromatic rings. The van der Waals surface area contributed by atoms with E-state index in [2.05, 4.69) is 72.5 Å². The topological polar surface area (TPSA) is 58.0 Å². The summed E-state index contributed by atoms with van der Waals surface area (Å²) in [6.07, 6.45) is 6.20. The van der Waals surface area contributed by atoms with E-state index in [-0.39, 0.29) is 24.8 Å². The number of piperidine rings is 1. The van der Waals surface area contributed by atoms with Crippen molar-refractivity contribution in [2.45, 2.75) is 52.4 Å². The Labute approximate surface area is 195 Å². The summed E-state index contributed by atoms with van der Waals surface area (Å²) in [5, 5.41) is 9.24. The van der Waals surface area contributed by atoms with E-state index in [1.54, 1.807) is 6.33 Å². The number of aromatic amines is 1. The fourth-order valence-corrected chi connectivity index (χ4v) is 4.91. The largest absolute Gasteiger partial charge is 0.354 e. The van der Waals surface area contributed by atoms with Gasteiger partial charge in [-0.2, -0.15) is 5.10 Å². The quantitative estimate of drug-likeness (QED) is 0.399. The summed E-state index contributed by atoms with van der Waals surface area (Å²) in [5.74, 6) is 1.09. The maximum atomic E-state index is 4.41. The van der Waals surface area contributed by atoms with E-state index in [4.69, 9.17) is 0 Å². The fraction of sp³-hybridized carbons (Fsp3) is 0.417. The van der Waals surface area contributed by atoms with Crippen molar-refractivity contribution in [2.75, 3.05) is 13.1 Å². The Hall–Kier alpha value is -2.08. The second-order valence-electron chi connectivity index (χ2n) is 8.72. The van der Waals surface area contributed by atoms with Gasteiger partial charge in [0.1, 0.15) is 6.33 Å². The molecule has 166 valence electrons. The lowest BCUT2D eigenvalue weighted by Crippen LogP contribution is -2.26. The summed E-state index contributed by atoms with van der Waals surface area (Å²) in [6.45, 7) is 11.1. The molecule has 0 spiro atoms. The molecule has 0 atom stereocenters. The molecule has 0 amide bonds. The average molecular weight is 460 g/mol. The third-order valence-electron chi connectivity index (χ3n) is 6.65. The van der Waals surface area contributed by atoms with E-state index in [1.807, 2.05) is 4.52 Å². The second-order valence-corrected chi connectivity index (χ2v) is 8.72. The lowest BCUT2D eigenvalue weighted by atomic mass is 9.88. The van der Waals surface area contributed by atoms with Crippen LogP contribution in [0.4, 0.5) is 0 Å². The summed E-state index contributed by atoms with van der Waals surface area (Å²) in [5.41, 5.74) is 9.91. The number of aromatic nitrogens is 4. The predicted molar refractivity (Wildman–Crippen MR) is 133 cm³/mol. The monoisotopic (exact) mass is 459 g/mol. The molecule has 0 aliphatic carbocycles. The van der Waals surface area contributed by atoms with Gasteiger partial charge in [0, 0.05) is 22.7 Å². The lowest BCUT2D eigenvalue weighted by Gasteiger charge is -2.23. The molecule has 1 aromatic carbocycles. The zero-order valence-corrected chi connectivity index (χ0v) is 20.2. The van der Waals surface area contributed by atoms with Gasteiger partial charge in [-0.15, -0.1) is 24.8 Å². The van der Waals surface area contributed by atoms with Crippen LogP contribution in [0.2, 0.25) is 0 Å². The van der Waals surface area contributed by atoms with Gasteiger partial charge in [-0.05, 0) is 86.0 Å². The van der Waals surface area contributed by atoms with Crippen molar-refractivity contribution in [3.05, 3.63) is 53.0 Å². The lowest BCUT2D eigenvalue weighted by molar-refractivity contribution is 0.460. The van der Waals surface area contributed by atoms with Crippen LogP contribution in [0.3, 0.4) is 0 Å². The van der Waals surface area contributed by atoms with Crippen LogP contribution in [0, 0.1) is 13.8 Å². The summed E-state index contributed by atoms with van der Waals surface area (Å²) < 4.78 is 1.90. The maximum Gasteiger partial charge on any atom is 0.158 e. The zero-order chi connectivity index (χ0) is 20.1. The van der Waals surface area contributed by atoms with Crippen molar-refractivity contribution < 1.29 is 0 Å². The average Bonchev–Trinajstić information content (AvgIpc) is 3.35. The molecule has 5 nitrogen and oxygen atoms in total. The van der Waals surface area contributed by atoms with Crippen LogP contribution in [0.1, 0.15) is 60.8 Å². The maximum absolute atomic E-state index is 4.41. The minimum Gasteiger partial charge on any atom is -0.354 e. The van der Waals surface area contributed by atoms with Gasteiger partial charge in [0.05, 0.1) is 5.69 Å². The minimum atomic E-state index is 0. The molecule has 1 fully saturated rings. The Morgan fingerprint density at radius 2 is 1.81 bits per heavy atom. The van der Waals surface area contributed by atoms with Gasteiger partial charge in [-0.25, -0.2) is 9.50 Å². The highest BCUT2D eigenvalue weighted by atomic mass is 35.5. The number of rotatable bonds is 3. The smallest absolute Gasteiger partial charge is 0.158 e. The van der Waals surface area contributed by atoms with Crippen LogP contribution in [-0.2, 0) is 0 Å². The molecule has 0 saturated carbocycles. The van der Waals surface area contributed by atoms with Gasteiger partial charge in [0.25, 0.3) is 0 Å². The van der Waals surface area contributed by atoms with Crippen LogP contribution in [0.5, 0.6) is 0 Å². The highest BCUT2D eigenvalue weighted by molar-refractivity contribution is 5.92. The Bertz CT molecular complexity index is 1200. The first-order valence-electron chi connectivity index (χ1n) is 10.7. The Morgan fingerprint density at radius 1 is 1.06 bits per heavy atom. The van der Waals surface area contributed by atoms with E-state index in [0.717, 1.165) is 18.7 Å². The van der Waals surface area contributed by atoms with E-state index in [9.17, 15) is 0 Å². The molecule has 1 aliphatic rings. The van der Waals surface area contributed by atoms with Gasteiger partial charge < -0.3 is 10.3 Å². The van der Waals surface area contributed by atoms with Crippen LogP contribution < -0.4 is 5.32 Å². The van der Waals surface area contributed by atoms with Gasteiger partial charge >= 0.3 is 0 Å². The summed E-state index contributed by atoms with van der Waals surface area (Å²) in [4.78, 5) is 8.16. The van der Waals surface area contributed by atoms with Crippen LogP contribution >= 0.6 is 24.8 Å². The molecule has 2 N–H and O–H groups in total. The Balaban J connectivity index is 0.00000136. The molecule has 1 aliphatic heterocycles. The third kappa shape index (κ3) is 3.95. The van der Waals surface area contributed by atoms with Gasteiger partial charge in [0.2, 0.25) is 0 Å². The number of benzene rings is 1. The molecular formula is C24H31Cl2N5. The SMILES string of the molecule is Cc1c(-c2[nH]c3ccc(C4CCNCC4)cc3c2C(C)C)cn2ncnc2c1C.Cl.Cl. The normalized spacial score (nSPS) is 14.7. The summed E-state index contributed by atoms with van der Waals surface area (Å²) >= 11 is 0. The van der Waals surface area contributed by atoms with Crippen molar-refractivity contribution >= 4 is 41.4 Å². The number of H-pyrrole nitrogens is 1. The highest BCUT2D eigenvalue weighted by Gasteiger charge is 2.22. The van der Waals surface area contributed by atoms with Crippen molar-refractivity contribution in [1.29, 1.82) is 0 Å². The molecule has 3 aromatic heterocycles. The van der Waals surface area contributed by atoms with Crippen LogP contribution in [-0.4, -0.2) is 32.7 Å². The van der Waals surface area contributed by atoms with E-state index >= 15 is 0 Å². The molecule has 0 bridgehead atoms. The van der Waals surface area contributed by atoms with E-state index in [0.29, 0.717) is 11.8 Å². The van der Waals surface area contributed by atoms with E-state index in [1.165, 1.54) is 57.3 Å². The molecule has 4 heterocycles. The van der Waals surface area contributed by atoms with Gasteiger partial charge in [-0.3, -0.25) is 0 Å². The highest BCUT2D eigenvalue weighted by Crippen LogP contribution is 2.39. The van der Waals surface area contributed by atoms with Gasteiger partial charge in [-0.1, -0.05) is 19.9 Å². The number of fused-ring (bicyclic) bond motifs is 2. The summed E-state index contributed by atoms with van der Waals surface area (Å²) in [6, 6.07) is 7.04. The molecule has 0 unspecified atom stereocenters. The standard InChI is InChI=1S/C24H29N5.2ClH/c1-14(2)22-19-11-18(17-7-9-25-10-8-17)5-6-21(19)28-23(22)20-12-29-24(26-13-27-29)16(4)15(20)3;;/h5-6,11-14,17,25,28H,7-10H2,1-4H3;2*1H. The third-order valence-corrected chi connectivity index (χ3v) is 6.65. The molecule has 0 radical (unpaired) electrons. The van der Waals surface area contributed by atoms with Crippen molar-refractivity contribution in [2.24, 2.45) is 0 Å². The first-order chi connectivity index (χ1) is 14.0. The van der Waals surface area contributed by atoms with Crippen LogP contribution in [0.25, 0.3) is 27.8 Å². The Kier molecular flexibility index (Phi) is 6.99. The number of aryl methyl sites for hydroxylation is 1. The molecule has 1 saturated heterocycles. The number of hydrogen-bond donors (Lipinski definition) is 2. The van der Waals surface area contributed by atoms with Crippen molar-refractivity contribution in [3.8, 4) is 11.3 Å². The minimum absolute atomic E-state index is 0. The first-order valence-corrected chi connectivity index (χ1v) is 10.7. The van der Waals surface area contributed by atoms with Crippen LogP contribution in [0.15, 0.2) is 30.7 Å². The molecule has 7 heteroatoms. The fourth-order valence-electron chi connectivity index (χ4n) is 4.91. The molecule has 5 rings (SSSR count).